The number of imidazole rings is 1. The molecule has 1 unspecified atom stereocenters. The number of benzene rings is 1. The maximum absolute atomic E-state index is 11.7. The topological polar surface area (TPSA) is 83.9 Å². The fourth-order valence-electron chi connectivity index (χ4n) is 4.95. The lowest BCUT2D eigenvalue weighted by atomic mass is 9.79. The third-order valence-electron chi connectivity index (χ3n) is 6.51. The predicted octanol–water partition coefficient (Wildman–Crippen LogP) is 5.13. The number of hydrogen-bond donors (Lipinski definition) is 1. The van der Waals surface area contributed by atoms with Gasteiger partial charge in [0.2, 0.25) is 11.8 Å². The van der Waals surface area contributed by atoms with Crippen LogP contribution in [0, 0.1) is 5.92 Å². The van der Waals surface area contributed by atoms with Crippen LogP contribution in [0.25, 0.3) is 16.9 Å². The van der Waals surface area contributed by atoms with Crippen LogP contribution in [-0.2, 0) is 4.57 Å². The molecule has 0 spiro atoms. The first-order valence-corrected chi connectivity index (χ1v) is 13.7. The van der Waals surface area contributed by atoms with E-state index in [-0.39, 0.29) is 0 Å². The first-order chi connectivity index (χ1) is 15.3. The minimum atomic E-state index is -2.92. The summed E-state index contributed by atoms with van der Waals surface area (Å²) in [5.74, 6) is 1.73. The van der Waals surface area contributed by atoms with E-state index < -0.39 is 7.37 Å². The van der Waals surface area contributed by atoms with Crippen LogP contribution >= 0.6 is 7.37 Å². The van der Waals surface area contributed by atoms with Crippen molar-refractivity contribution in [1.29, 1.82) is 0 Å². The molecule has 1 N–H and O–H groups in total. The molecule has 1 fully saturated rings. The van der Waals surface area contributed by atoms with E-state index in [1.807, 2.05) is 10.9 Å². The average molecular weight is 455 g/mol. The van der Waals surface area contributed by atoms with E-state index >= 15 is 0 Å². The Hall–Kier alpha value is -2.37. The number of hydrogen-bond acceptors (Lipinski definition) is 4. The fraction of sp³-hybridized carbons (Fsp3) is 0.500. The van der Waals surface area contributed by atoms with Crippen LogP contribution in [0.2, 0.25) is 0 Å². The molecule has 170 valence electrons. The maximum atomic E-state index is 11.7. The summed E-state index contributed by atoms with van der Waals surface area (Å²) in [6.45, 7) is 8.56. The molecule has 1 aliphatic carbocycles. The summed E-state index contributed by atoms with van der Waals surface area (Å²) in [7, 11) is -2.92. The Kier molecular flexibility index (Phi) is 6.59. The Bertz CT molecular complexity index is 1170. The van der Waals surface area contributed by atoms with Crippen LogP contribution < -0.4 is 0 Å². The Morgan fingerprint density at radius 2 is 1.81 bits per heavy atom. The first-order valence-electron chi connectivity index (χ1n) is 11.4. The number of aromatic nitrogens is 4. The highest BCUT2D eigenvalue weighted by molar-refractivity contribution is 7.57. The highest BCUT2D eigenvalue weighted by Gasteiger charge is 2.26. The quantitative estimate of drug-likeness (QED) is 0.317. The average Bonchev–Trinajstić information content (AvgIpc) is 3.19. The van der Waals surface area contributed by atoms with Crippen molar-refractivity contribution in [2.45, 2.75) is 52.4 Å². The zero-order chi connectivity index (χ0) is 22.9. The van der Waals surface area contributed by atoms with Gasteiger partial charge in [-0.25, -0.2) is 9.56 Å². The molecule has 2 aromatic heterocycles. The molecule has 32 heavy (non-hydrogen) atoms. The molecule has 0 radical (unpaired) electrons. The largest absolute Gasteiger partial charge is 0.354 e. The van der Waals surface area contributed by atoms with Crippen molar-refractivity contribution in [3.8, 4) is 5.69 Å². The van der Waals surface area contributed by atoms with Crippen molar-refractivity contribution in [2.75, 3.05) is 19.4 Å². The van der Waals surface area contributed by atoms with Crippen molar-refractivity contribution in [3.05, 3.63) is 42.5 Å². The lowest BCUT2D eigenvalue weighted by molar-refractivity contribution is -0.439. The van der Waals surface area contributed by atoms with Crippen LogP contribution in [0.1, 0.15) is 57.9 Å². The second kappa shape index (κ2) is 9.24. The van der Waals surface area contributed by atoms with Gasteiger partial charge in [0, 0.05) is 18.5 Å². The molecule has 2 heterocycles. The minimum absolute atomic E-state index is 0.379. The van der Waals surface area contributed by atoms with Gasteiger partial charge in [0.1, 0.15) is 6.33 Å². The highest BCUT2D eigenvalue weighted by atomic mass is 31.2. The molecule has 1 saturated carbocycles. The van der Waals surface area contributed by atoms with Crippen LogP contribution in [0.4, 0.5) is 5.82 Å². The van der Waals surface area contributed by atoms with Gasteiger partial charge in [0.05, 0.1) is 12.3 Å². The zero-order valence-corrected chi connectivity index (χ0v) is 20.3. The standard InChI is InChI=1S/C24H32N5O2P/c1-5-28(17(2)3)23-22-24(26-15-25-23)29(16-27-22)21-12-10-20(11-13-21)19-8-6-18(7-9-19)14-32(4,30)31/h10-13,15-16,18-19H,5-9,14H2,1-4H3/p+1. The van der Waals surface area contributed by atoms with Gasteiger partial charge in [0.15, 0.2) is 13.0 Å². The molecule has 0 aliphatic heterocycles. The van der Waals surface area contributed by atoms with Crippen LogP contribution in [0.3, 0.4) is 0 Å². The first kappa shape index (κ1) is 22.8. The lowest BCUT2D eigenvalue weighted by Gasteiger charge is -2.29. The maximum Gasteiger partial charge on any atom is 0.354 e. The van der Waals surface area contributed by atoms with Crippen molar-refractivity contribution >= 4 is 30.1 Å². The molecule has 3 aromatic rings. The molecule has 1 atom stereocenters. The van der Waals surface area contributed by atoms with Crippen LogP contribution in [0.5, 0.6) is 0 Å². The Morgan fingerprint density at radius 3 is 2.41 bits per heavy atom. The Morgan fingerprint density at radius 1 is 1.12 bits per heavy atom. The van der Waals surface area contributed by atoms with Gasteiger partial charge in [-0.2, -0.15) is 4.98 Å². The lowest BCUT2D eigenvalue weighted by Crippen LogP contribution is -2.16. The summed E-state index contributed by atoms with van der Waals surface area (Å²) >= 11 is 0. The second-order valence-electron chi connectivity index (χ2n) is 9.22. The van der Waals surface area contributed by atoms with Gasteiger partial charge in [-0.3, -0.25) is 9.13 Å². The van der Waals surface area contributed by atoms with Gasteiger partial charge in [-0.05, 0) is 81.0 Å². The monoisotopic (exact) mass is 454 g/mol. The van der Waals surface area contributed by atoms with Gasteiger partial charge in [-0.1, -0.05) is 12.1 Å². The molecule has 1 aromatic carbocycles. The molecular formula is C24H33N5O2P+. The Labute approximate surface area is 189 Å². The number of rotatable bonds is 6. The van der Waals surface area contributed by atoms with Gasteiger partial charge >= 0.3 is 5.82 Å². The summed E-state index contributed by atoms with van der Waals surface area (Å²) in [6.07, 6.45) is 8.09. The normalized spacial score (nSPS) is 20.8. The molecule has 0 amide bonds. The van der Waals surface area contributed by atoms with Gasteiger partial charge in [-0.15, -0.1) is 0 Å². The molecule has 4 rings (SSSR count). The van der Waals surface area contributed by atoms with E-state index in [4.69, 9.17) is 0 Å². The zero-order valence-electron chi connectivity index (χ0n) is 19.4. The van der Waals surface area contributed by atoms with Crippen molar-refractivity contribution in [1.82, 2.24) is 19.5 Å². The summed E-state index contributed by atoms with van der Waals surface area (Å²) in [5, 5.41) is 0. The summed E-state index contributed by atoms with van der Waals surface area (Å²) < 4.78 is 15.9. The summed E-state index contributed by atoms with van der Waals surface area (Å²) in [4.78, 5) is 23.3. The molecule has 1 aliphatic rings. The summed E-state index contributed by atoms with van der Waals surface area (Å²) in [5.41, 5.74) is 5.14. The van der Waals surface area contributed by atoms with E-state index in [0.29, 0.717) is 18.0 Å². The molecule has 7 nitrogen and oxygen atoms in total. The van der Waals surface area contributed by atoms with Gasteiger partial charge in [0.25, 0.3) is 0 Å². The van der Waals surface area contributed by atoms with E-state index in [9.17, 15) is 9.46 Å². The van der Waals surface area contributed by atoms with Gasteiger partial charge < -0.3 is 4.89 Å². The van der Waals surface area contributed by atoms with Crippen molar-refractivity contribution in [3.63, 3.8) is 0 Å². The molecule has 8 heteroatoms. The fourth-order valence-corrected chi connectivity index (χ4v) is 6.27. The summed E-state index contributed by atoms with van der Waals surface area (Å²) in [6, 6.07) is 8.67. The minimum Gasteiger partial charge on any atom is -0.344 e. The van der Waals surface area contributed by atoms with Crippen LogP contribution in [0.15, 0.2) is 36.9 Å². The van der Waals surface area contributed by atoms with E-state index in [1.165, 1.54) is 17.9 Å². The molecule has 0 bridgehead atoms. The van der Waals surface area contributed by atoms with Crippen molar-refractivity contribution < 1.29 is 14.0 Å². The number of fused-ring (bicyclic) bond motifs is 1. The smallest absolute Gasteiger partial charge is 0.344 e. The third kappa shape index (κ3) is 4.84. The predicted molar refractivity (Wildman–Crippen MR) is 129 cm³/mol. The SMILES string of the molecule is CC[N+](=C(C)C)c1ncnc2c1ncn2-c1ccc(C2CCC(CP(C)(=O)O)CC2)cc1. The van der Waals surface area contributed by atoms with E-state index in [1.54, 1.807) is 6.33 Å². The second-order valence-corrected chi connectivity index (χ2v) is 11.7. The number of nitrogens with zero attached hydrogens (tertiary/aromatic N) is 5. The van der Waals surface area contributed by atoms with E-state index in [0.717, 1.165) is 54.9 Å². The molecule has 0 saturated heterocycles. The highest BCUT2D eigenvalue weighted by Crippen LogP contribution is 2.44. The van der Waals surface area contributed by atoms with E-state index in [2.05, 4.69) is 64.6 Å². The Balaban J connectivity index is 1.54. The molecular weight excluding hydrogens is 421 g/mol. The third-order valence-corrected chi connectivity index (χ3v) is 7.71. The van der Waals surface area contributed by atoms with Crippen molar-refractivity contribution in [2.24, 2.45) is 5.92 Å². The van der Waals surface area contributed by atoms with Crippen LogP contribution in [-0.4, -0.2) is 54.1 Å².